The van der Waals surface area contributed by atoms with Crippen LogP contribution in [0.1, 0.15) is 0 Å². The van der Waals surface area contributed by atoms with Crippen molar-refractivity contribution in [2.45, 2.75) is 0 Å². The van der Waals surface area contributed by atoms with Gasteiger partial charge in [-0.3, -0.25) is 10.1 Å². The lowest BCUT2D eigenvalue weighted by Gasteiger charge is -2.29. The summed E-state index contributed by atoms with van der Waals surface area (Å²) in [6.07, 6.45) is 1.20. The van der Waals surface area contributed by atoms with Crippen molar-refractivity contribution in [2.24, 2.45) is 0 Å². The van der Waals surface area contributed by atoms with Gasteiger partial charge in [0.05, 0.1) is 4.92 Å². The van der Waals surface area contributed by atoms with Crippen LogP contribution in [0.25, 0.3) is 11.4 Å². The minimum absolute atomic E-state index is 0.0641. The molecule has 1 aromatic heterocycles. The number of nitro benzene ring substituents is 1. The number of nitrogens with zero attached hydrogens (tertiary/aromatic N) is 4. The van der Waals surface area contributed by atoms with E-state index in [1.165, 1.54) is 12.5 Å². The Kier molecular flexibility index (Phi) is 3.30. The summed E-state index contributed by atoms with van der Waals surface area (Å²) in [7, 11) is 0. The second-order valence-electron chi connectivity index (χ2n) is 4.45. The predicted molar refractivity (Wildman–Crippen MR) is 71.5 cm³/mol. The first-order chi connectivity index (χ1) is 9.75. The number of benzene rings is 1. The van der Waals surface area contributed by atoms with Crippen molar-refractivity contribution in [3.63, 3.8) is 0 Å². The zero-order valence-corrected chi connectivity index (χ0v) is 10.7. The van der Waals surface area contributed by atoms with Crippen LogP contribution in [-0.2, 0) is 0 Å². The van der Waals surface area contributed by atoms with E-state index < -0.39 is 0 Å². The molecule has 3 rings (SSSR count). The van der Waals surface area contributed by atoms with Crippen molar-refractivity contribution < 1.29 is 9.45 Å². The van der Waals surface area contributed by atoms with Gasteiger partial charge >= 0.3 is 0 Å². The Hall–Kier alpha value is -2.48. The maximum absolute atomic E-state index is 11.3. The topological polar surface area (TPSA) is 97.3 Å². The third kappa shape index (κ3) is 2.32. The molecule has 1 aliphatic rings. The molecule has 0 spiro atoms. The molecule has 0 saturated carbocycles. The lowest BCUT2D eigenvalue weighted by atomic mass is 10.1. The third-order valence-electron chi connectivity index (χ3n) is 3.25. The molecule has 0 bridgehead atoms. The monoisotopic (exact) mass is 275 g/mol. The summed E-state index contributed by atoms with van der Waals surface area (Å²) in [5.41, 5.74) is 1.27. The molecule has 20 heavy (non-hydrogen) atoms. The molecule has 0 unspecified atom stereocenters. The molecule has 104 valence electrons. The average molecular weight is 275 g/mol. The average Bonchev–Trinajstić information content (AvgIpc) is 3.02. The van der Waals surface area contributed by atoms with Crippen LogP contribution in [0, 0.1) is 10.1 Å². The van der Waals surface area contributed by atoms with E-state index in [1.54, 1.807) is 12.1 Å². The highest BCUT2D eigenvalue weighted by Gasteiger charge is 2.22. The van der Waals surface area contributed by atoms with Crippen LogP contribution >= 0.6 is 0 Å². The number of nitrogens with one attached hydrogen (secondary N) is 1. The summed E-state index contributed by atoms with van der Waals surface area (Å²) in [6, 6.07) is 5.01. The molecule has 8 heteroatoms. The maximum atomic E-state index is 11.3. The Morgan fingerprint density at radius 3 is 2.80 bits per heavy atom. The quantitative estimate of drug-likeness (QED) is 0.660. The van der Waals surface area contributed by atoms with Gasteiger partial charge in [-0.15, -0.1) is 0 Å². The Morgan fingerprint density at radius 2 is 2.15 bits per heavy atom. The standard InChI is InChI=1S/C12H13N5O3/c18-17(19)11-7-9(12-14-8-20-15-12)1-2-10(11)16-5-3-13-4-6-16/h1-2,7-8,13H,3-6H2. The highest BCUT2D eigenvalue weighted by molar-refractivity contribution is 5.71. The van der Waals surface area contributed by atoms with Crippen molar-refractivity contribution in [2.75, 3.05) is 31.1 Å². The molecule has 0 radical (unpaired) electrons. The van der Waals surface area contributed by atoms with E-state index in [0.29, 0.717) is 17.1 Å². The van der Waals surface area contributed by atoms with Crippen molar-refractivity contribution >= 4 is 11.4 Å². The number of nitro groups is 1. The fraction of sp³-hybridized carbons (Fsp3) is 0.333. The SMILES string of the molecule is O=[N+]([O-])c1cc(-c2ncon2)ccc1N1CCNCC1. The maximum Gasteiger partial charge on any atom is 0.293 e. The van der Waals surface area contributed by atoms with Crippen LogP contribution in [-0.4, -0.2) is 41.2 Å². The summed E-state index contributed by atoms with van der Waals surface area (Å²) >= 11 is 0. The van der Waals surface area contributed by atoms with Gasteiger partial charge in [0.25, 0.3) is 5.69 Å². The molecule has 2 aromatic rings. The van der Waals surface area contributed by atoms with Crippen LogP contribution < -0.4 is 10.2 Å². The van der Waals surface area contributed by atoms with E-state index in [4.69, 9.17) is 0 Å². The highest BCUT2D eigenvalue weighted by atomic mass is 16.6. The molecule has 1 fully saturated rings. The van der Waals surface area contributed by atoms with Gasteiger partial charge in [0, 0.05) is 37.8 Å². The minimum Gasteiger partial charge on any atom is -0.363 e. The lowest BCUT2D eigenvalue weighted by Crippen LogP contribution is -2.43. The third-order valence-corrected chi connectivity index (χ3v) is 3.25. The van der Waals surface area contributed by atoms with Gasteiger partial charge < -0.3 is 14.7 Å². The fourth-order valence-corrected chi connectivity index (χ4v) is 2.28. The zero-order valence-electron chi connectivity index (χ0n) is 10.7. The number of anilines is 1. The van der Waals surface area contributed by atoms with Crippen LogP contribution in [0.5, 0.6) is 0 Å². The van der Waals surface area contributed by atoms with Gasteiger partial charge in [0.2, 0.25) is 12.2 Å². The highest BCUT2D eigenvalue weighted by Crippen LogP contribution is 2.32. The van der Waals surface area contributed by atoms with E-state index in [0.717, 1.165) is 26.2 Å². The largest absolute Gasteiger partial charge is 0.363 e. The summed E-state index contributed by atoms with van der Waals surface area (Å²) < 4.78 is 4.67. The summed E-state index contributed by atoms with van der Waals surface area (Å²) in [6.45, 7) is 3.15. The first kappa shape index (κ1) is 12.5. The summed E-state index contributed by atoms with van der Waals surface area (Å²) in [5.74, 6) is 0.347. The van der Waals surface area contributed by atoms with Crippen molar-refractivity contribution in [3.8, 4) is 11.4 Å². The molecule has 2 heterocycles. The molecule has 8 nitrogen and oxygen atoms in total. The van der Waals surface area contributed by atoms with Crippen molar-refractivity contribution in [1.29, 1.82) is 0 Å². The van der Waals surface area contributed by atoms with Gasteiger partial charge in [0.1, 0.15) is 5.69 Å². The van der Waals surface area contributed by atoms with Crippen LogP contribution in [0.2, 0.25) is 0 Å². The van der Waals surface area contributed by atoms with Crippen LogP contribution in [0.4, 0.5) is 11.4 Å². The smallest absolute Gasteiger partial charge is 0.293 e. The summed E-state index contributed by atoms with van der Waals surface area (Å²) in [5, 5.41) is 18.2. The molecule has 1 aromatic carbocycles. The predicted octanol–water partition coefficient (Wildman–Crippen LogP) is 1.05. The van der Waals surface area contributed by atoms with Crippen LogP contribution in [0.3, 0.4) is 0 Å². The van der Waals surface area contributed by atoms with E-state index in [1.807, 2.05) is 4.90 Å². The molecule has 1 saturated heterocycles. The molecular formula is C12H13N5O3. The number of hydrogen-bond acceptors (Lipinski definition) is 7. The normalized spacial score (nSPS) is 15.3. The van der Waals surface area contributed by atoms with Crippen molar-refractivity contribution in [3.05, 3.63) is 34.7 Å². The lowest BCUT2D eigenvalue weighted by molar-refractivity contribution is -0.384. The van der Waals surface area contributed by atoms with Gasteiger partial charge in [-0.1, -0.05) is 5.16 Å². The number of piperazine rings is 1. The number of aromatic nitrogens is 2. The summed E-state index contributed by atoms with van der Waals surface area (Å²) in [4.78, 5) is 16.8. The Bertz CT molecular complexity index is 608. The Morgan fingerprint density at radius 1 is 1.35 bits per heavy atom. The minimum atomic E-state index is -0.374. The number of rotatable bonds is 3. The molecule has 0 amide bonds. The molecule has 0 atom stereocenters. The van der Waals surface area contributed by atoms with Gasteiger partial charge in [0.15, 0.2) is 0 Å². The molecule has 0 aliphatic carbocycles. The number of hydrogen-bond donors (Lipinski definition) is 1. The van der Waals surface area contributed by atoms with E-state index in [2.05, 4.69) is 20.0 Å². The van der Waals surface area contributed by atoms with E-state index in [9.17, 15) is 10.1 Å². The Labute approximate surface area is 114 Å². The fourth-order valence-electron chi connectivity index (χ4n) is 2.28. The second-order valence-corrected chi connectivity index (χ2v) is 4.45. The molecule has 1 aliphatic heterocycles. The zero-order chi connectivity index (χ0) is 13.9. The van der Waals surface area contributed by atoms with Crippen molar-refractivity contribution in [1.82, 2.24) is 15.5 Å². The van der Waals surface area contributed by atoms with E-state index >= 15 is 0 Å². The van der Waals surface area contributed by atoms with Gasteiger partial charge in [-0.05, 0) is 12.1 Å². The van der Waals surface area contributed by atoms with Crippen LogP contribution in [0.15, 0.2) is 29.1 Å². The van der Waals surface area contributed by atoms with E-state index in [-0.39, 0.29) is 10.6 Å². The molecule has 1 N–H and O–H groups in total. The first-order valence-corrected chi connectivity index (χ1v) is 6.26. The molecular weight excluding hydrogens is 262 g/mol. The first-order valence-electron chi connectivity index (χ1n) is 6.26. The van der Waals surface area contributed by atoms with Gasteiger partial charge in [-0.25, -0.2) is 0 Å². The van der Waals surface area contributed by atoms with Gasteiger partial charge in [-0.2, -0.15) is 4.98 Å². The Balaban J connectivity index is 2.00. The second kappa shape index (κ2) is 5.25.